The van der Waals surface area contributed by atoms with E-state index in [1.54, 1.807) is 13.8 Å². The molecule has 0 bridgehead atoms. The lowest BCUT2D eigenvalue weighted by Gasteiger charge is -2.12. The minimum atomic E-state index is -0.598. The van der Waals surface area contributed by atoms with E-state index in [2.05, 4.69) is 23.6 Å². The fourth-order valence-corrected chi connectivity index (χ4v) is 1.71. The second kappa shape index (κ2) is 17.2. The summed E-state index contributed by atoms with van der Waals surface area (Å²) < 4.78 is 10.6. The summed E-state index contributed by atoms with van der Waals surface area (Å²) in [6, 6.07) is 0. The van der Waals surface area contributed by atoms with Crippen LogP contribution in [0.1, 0.15) is 79.1 Å². The highest BCUT2D eigenvalue weighted by Crippen LogP contribution is 2.06. The first-order chi connectivity index (χ1) is 12.5. The molecule has 0 aromatic rings. The smallest absolute Gasteiger partial charge is 0.342 e. The van der Waals surface area contributed by atoms with E-state index in [1.165, 1.54) is 0 Å². The van der Waals surface area contributed by atoms with Gasteiger partial charge in [-0.15, -0.1) is 0 Å². The zero-order valence-corrected chi connectivity index (χ0v) is 16.5. The van der Waals surface area contributed by atoms with Gasteiger partial charge in [-0.1, -0.05) is 26.7 Å². The third kappa shape index (κ3) is 16.3. The van der Waals surface area contributed by atoms with Crippen LogP contribution >= 0.6 is 0 Å². The van der Waals surface area contributed by atoms with Crippen LogP contribution in [-0.2, 0) is 38.6 Å². The van der Waals surface area contributed by atoms with Crippen molar-refractivity contribution in [2.45, 2.75) is 91.6 Å². The van der Waals surface area contributed by atoms with Gasteiger partial charge in [0.1, 0.15) is 0 Å². The second-order valence-corrected chi connectivity index (χ2v) is 5.89. The molecule has 0 aromatic carbocycles. The largest absolute Gasteiger partial charge is 0.349 e. The van der Waals surface area contributed by atoms with E-state index in [1.807, 2.05) is 0 Å². The van der Waals surface area contributed by atoms with Crippen molar-refractivity contribution < 1.29 is 38.6 Å². The molecule has 0 fully saturated rings. The molecule has 0 N–H and O–H groups in total. The first-order valence-corrected chi connectivity index (χ1v) is 9.45. The molecule has 0 aliphatic rings. The first-order valence-electron chi connectivity index (χ1n) is 9.45. The van der Waals surface area contributed by atoms with Gasteiger partial charge in [0.25, 0.3) is 0 Å². The van der Waals surface area contributed by atoms with Crippen molar-refractivity contribution in [1.29, 1.82) is 0 Å². The highest BCUT2D eigenvalue weighted by molar-refractivity contribution is 5.69. The van der Waals surface area contributed by atoms with Crippen LogP contribution in [0.3, 0.4) is 0 Å². The maximum atomic E-state index is 11.5. The zero-order chi connectivity index (χ0) is 19.6. The third-order valence-corrected chi connectivity index (χ3v) is 3.27. The molecule has 0 amide bonds. The molecule has 0 aliphatic carbocycles. The summed E-state index contributed by atoms with van der Waals surface area (Å²) in [5, 5.41) is 0. The molecule has 0 aliphatic heterocycles. The number of carbonyl (C=O) groups is 2. The van der Waals surface area contributed by atoms with E-state index < -0.39 is 24.5 Å². The molecule has 154 valence electrons. The summed E-state index contributed by atoms with van der Waals surface area (Å²) in [6.07, 6.45) is 3.93. The van der Waals surface area contributed by atoms with Crippen LogP contribution < -0.4 is 0 Å². The van der Waals surface area contributed by atoms with E-state index >= 15 is 0 Å². The van der Waals surface area contributed by atoms with E-state index in [9.17, 15) is 9.59 Å². The monoisotopic (exact) mass is 378 g/mol. The molecule has 0 spiro atoms. The Labute approximate surface area is 156 Å². The molecule has 2 atom stereocenters. The molecule has 0 radical (unpaired) electrons. The van der Waals surface area contributed by atoms with E-state index in [0.29, 0.717) is 26.1 Å². The summed E-state index contributed by atoms with van der Waals surface area (Å²) in [7, 11) is 0. The molecule has 0 saturated carbocycles. The Bertz CT molecular complexity index is 327. The number of unbranched alkanes of at least 4 members (excludes halogenated alkanes) is 3. The number of hydrogen-bond acceptors (Lipinski definition) is 8. The zero-order valence-electron chi connectivity index (χ0n) is 16.5. The van der Waals surface area contributed by atoms with Crippen LogP contribution in [0.2, 0.25) is 0 Å². The van der Waals surface area contributed by atoms with Crippen molar-refractivity contribution in [3.05, 3.63) is 0 Å². The van der Waals surface area contributed by atoms with Gasteiger partial charge in [-0.05, 0) is 39.5 Å². The lowest BCUT2D eigenvalue weighted by atomic mass is 10.2. The molecule has 0 saturated heterocycles. The quantitative estimate of drug-likeness (QED) is 0.163. The Kier molecular flexibility index (Phi) is 16.4. The summed E-state index contributed by atoms with van der Waals surface area (Å²) in [5.74, 6) is -1.00. The summed E-state index contributed by atoms with van der Waals surface area (Å²) in [4.78, 5) is 42.0. The lowest BCUT2D eigenvalue weighted by Crippen LogP contribution is -2.17. The van der Waals surface area contributed by atoms with Crippen molar-refractivity contribution in [3.63, 3.8) is 0 Å². The topological polar surface area (TPSA) is 89.5 Å². The van der Waals surface area contributed by atoms with E-state index in [4.69, 9.17) is 19.2 Å². The van der Waals surface area contributed by atoms with Crippen LogP contribution in [0.5, 0.6) is 0 Å². The van der Waals surface area contributed by atoms with Crippen molar-refractivity contribution in [2.24, 2.45) is 0 Å². The Morgan fingerprint density at radius 3 is 1.42 bits per heavy atom. The maximum Gasteiger partial charge on any atom is 0.342 e. The normalized spacial score (nSPS) is 13.2. The molecule has 2 unspecified atom stereocenters. The summed E-state index contributed by atoms with van der Waals surface area (Å²) in [5.41, 5.74) is 0. The molecule has 0 heterocycles. The fourth-order valence-electron chi connectivity index (χ4n) is 1.71. The van der Waals surface area contributed by atoms with Gasteiger partial charge in [0.05, 0.1) is 0 Å². The minimum Gasteiger partial charge on any atom is -0.349 e. The Morgan fingerprint density at radius 2 is 1.08 bits per heavy atom. The molecule has 0 aromatic heterocycles. The SMILES string of the molecule is CCCCOC(C)OOC(=O)CCCCC(=O)OOC(C)OCCCC. The standard InChI is InChI=1S/C18H34O8/c1-5-7-13-21-15(3)23-25-17(19)11-9-10-12-18(20)26-24-16(4)22-14-8-6-2/h15-16H,5-14H2,1-4H3. The van der Waals surface area contributed by atoms with Gasteiger partial charge in [-0.3, -0.25) is 9.78 Å². The first kappa shape index (κ1) is 24.8. The van der Waals surface area contributed by atoms with Crippen LogP contribution in [0.25, 0.3) is 0 Å². The number of hydrogen-bond donors (Lipinski definition) is 0. The van der Waals surface area contributed by atoms with Gasteiger partial charge >= 0.3 is 11.9 Å². The van der Waals surface area contributed by atoms with E-state index in [-0.39, 0.29) is 12.8 Å². The van der Waals surface area contributed by atoms with Crippen LogP contribution in [-0.4, -0.2) is 37.7 Å². The molecule has 0 rings (SSSR count). The average Bonchev–Trinajstić information content (AvgIpc) is 2.62. The molecular weight excluding hydrogens is 344 g/mol. The number of ether oxygens (including phenoxy) is 2. The predicted octanol–water partition coefficient (Wildman–Crippen LogP) is 3.82. The third-order valence-electron chi connectivity index (χ3n) is 3.27. The number of rotatable bonds is 17. The van der Waals surface area contributed by atoms with Gasteiger partial charge in [-0.2, -0.15) is 9.78 Å². The Hall–Kier alpha value is -1.22. The lowest BCUT2D eigenvalue weighted by molar-refractivity contribution is -0.347. The van der Waals surface area contributed by atoms with Gasteiger partial charge < -0.3 is 9.47 Å². The fraction of sp³-hybridized carbons (Fsp3) is 0.889. The molecule has 8 nitrogen and oxygen atoms in total. The van der Waals surface area contributed by atoms with Crippen molar-refractivity contribution in [2.75, 3.05) is 13.2 Å². The van der Waals surface area contributed by atoms with Crippen molar-refractivity contribution >= 4 is 11.9 Å². The molecule has 8 heteroatoms. The predicted molar refractivity (Wildman–Crippen MR) is 93.5 cm³/mol. The average molecular weight is 378 g/mol. The van der Waals surface area contributed by atoms with Gasteiger partial charge in [0.15, 0.2) is 12.6 Å². The van der Waals surface area contributed by atoms with Crippen molar-refractivity contribution in [1.82, 2.24) is 0 Å². The van der Waals surface area contributed by atoms with Gasteiger partial charge in [0.2, 0.25) is 0 Å². The Balaban J connectivity index is 3.56. The second-order valence-electron chi connectivity index (χ2n) is 5.89. The highest BCUT2D eigenvalue weighted by Gasteiger charge is 2.11. The molecule has 26 heavy (non-hydrogen) atoms. The van der Waals surface area contributed by atoms with Crippen LogP contribution in [0, 0.1) is 0 Å². The Morgan fingerprint density at radius 1 is 0.692 bits per heavy atom. The maximum absolute atomic E-state index is 11.5. The van der Waals surface area contributed by atoms with Crippen LogP contribution in [0.4, 0.5) is 0 Å². The highest BCUT2D eigenvalue weighted by atomic mass is 17.2. The summed E-state index contributed by atoms with van der Waals surface area (Å²) >= 11 is 0. The van der Waals surface area contributed by atoms with Crippen molar-refractivity contribution in [3.8, 4) is 0 Å². The minimum absolute atomic E-state index is 0.145. The van der Waals surface area contributed by atoms with Gasteiger partial charge in [0, 0.05) is 26.1 Å². The van der Waals surface area contributed by atoms with Crippen LogP contribution in [0.15, 0.2) is 0 Å². The van der Waals surface area contributed by atoms with Gasteiger partial charge in [-0.25, -0.2) is 9.59 Å². The van der Waals surface area contributed by atoms with E-state index in [0.717, 1.165) is 25.7 Å². The molecular formula is C18H34O8. The summed E-state index contributed by atoms with van der Waals surface area (Å²) in [6.45, 7) is 8.54. The number of carbonyl (C=O) groups excluding carboxylic acids is 2.